The number of hydrogen-bond acceptors (Lipinski definition) is 4. The summed E-state index contributed by atoms with van der Waals surface area (Å²) in [5, 5.41) is 10.8. The lowest BCUT2D eigenvalue weighted by Crippen LogP contribution is -2.16. The third-order valence-corrected chi connectivity index (χ3v) is 4.34. The van der Waals surface area contributed by atoms with Gasteiger partial charge in [0.15, 0.2) is 11.5 Å². The van der Waals surface area contributed by atoms with Crippen LogP contribution in [0.4, 0.5) is 11.5 Å². The summed E-state index contributed by atoms with van der Waals surface area (Å²) in [6.45, 7) is 4.34. The molecule has 25 heavy (non-hydrogen) atoms. The summed E-state index contributed by atoms with van der Waals surface area (Å²) in [7, 11) is 0. The fourth-order valence-electron chi connectivity index (χ4n) is 2.46. The number of carbonyl (C=O) groups is 1. The van der Waals surface area contributed by atoms with Crippen molar-refractivity contribution >= 4 is 33.3 Å². The lowest BCUT2D eigenvalue weighted by molar-refractivity contribution is 0.102. The second-order valence-corrected chi connectivity index (χ2v) is 6.80. The van der Waals surface area contributed by atoms with Crippen LogP contribution in [-0.2, 0) is 6.54 Å². The normalized spacial score (nSPS) is 10.7. The molecule has 0 fully saturated rings. The predicted molar refractivity (Wildman–Crippen MR) is 102 cm³/mol. The van der Waals surface area contributed by atoms with E-state index in [1.165, 1.54) is 4.68 Å². The first-order valence-corrected chi connectivity index (χ1v) is 8.55. The van der Waals surface area contributed by atoms with E-state index in [-0.39, 0.29) is 17.4 Å². The summed E-state index contributed by atoms with van der Waals surface area (Å²) in [6.07, 6.45) is 0. The van der Waals surface area contributed by atoms with Crippen molar-refractivity contribution in [1.82, 2.24) is 15.0 Å². The number of aryl methyl sites for hydroxylation is 2. The second kappa shape index (κ2) is 7.06. The Hall–Kier alpha value is -2.67. The van der Waals surface area contributed by atoms with Gasteiger partial charge in [0.2, 0.25) is 0 Å². The van der Waals surface area contributed by atoms with Crippen molar-refractivity contribution in [2.24, 2.45) is 0 Å². The van der Waals surface area contributed by atoms with Gasteiger partial charge in [-0.15, -0.1) is 5.10 Å². The number of nitrogens with two attached hydrogens (primary N) is 1. The first-order valence-electron chi connectivity index (χ1n) is 7.76. The highest BCUT2D eigenvalue weighted by Crippen LogP contribution is 2.19. The topological polar surface area (TPSA) is 85.8 Å². The number of carbonyl (C=O) groups excluding carboxylic acids is 1. The number of nitrogen functional groups attached to an aromatic ring is 1. The van der Waals surface area contributed by atoms with Crippen LogP contribution in [0.25, 0.3) is 0 Å². The predicted octanol–water partition coefficient (Wildman–Crippen LogP) is 3.54. The number of amides is 1. The van der Waals surface area contributed by atoms with Crippen LogP contribution in [0.3, 0.4) is 0 Å². The van der Waals surface area contributed by atoms with Crippen molar-refractivity contribution in [3.05, 3.63) is 69.3 Å². The van der Waals surface area contributed by atoms with Gasteiger partial charge in [0.25, 0.3) is 5.91 Å². The van der Waals surface area contributed by atoms with Crippen LogP contribution in [0.1, 0.15) is 27.2 Å². The van der Waals surface area contributed by atoms with Crippen LogP contribution < -0.4 is 11.1 Å². The van der Waals surface area contributed by atoms with Gasteiger partial charge in [-0.2, -0.15) is 0 Å². The first-order chi connectivity index (χ1) is 11.9. The van der Waals surface area contributed by atoms with E-state index in [2.05, 4.69) is 31.6 Å². The van der Waals surface area contributed by atoms with Gasteiger partial charge in [-0.1, -0.05) is 45.4 Å². The van der Waals surface area contributed by atoms with E-state index in [0.717, 1.165) is 26.9 Å². The van der Waals surface area contributed by atoms with Crippen molar-refractivity contribution < 1.29 is 4.79 Å². The maximum atomic E-state index is 12.5. The Morgan fingerprint density at radius 2 is 2.04 bits per heavy atom. The van der Waals surface area contributed by atoms with Crippen LogP contribution in [0.2, 0.25) is 0 Å². The molecule has 0 unspecified atom stereocenters. The quantitative estimate of drug-likeness (QED) is 0.702. The summed E-state index contributed by atoms with van der Waals surface area (Å²) in [6, 6.07) is 13.7. The van der Waals surface area contributed by atoms with Gasteiger partial charge in [-0.05, 0) is 48.7 Å². The third-order valence-electron chi connectivity index (χ3n) is 3.85. The maximum absolute atomic E-state index is 12.5. The zero-order valence-corrected chi connectivity index (χ0v) is 15.5. The molecule has 0 saturated carbocycles. The first kappa shape index (κ1) is 17.2. The van der Waals surface area contributed by atoms with Gasteiger partial charge < -0.3 is 11.1 Å². The molecule has 128 valence electrons. The molecule has 7 heteroatoms. The Kier molecular flexibility index (Phi) is 4.85. The van der Waals surface area contributed by atoms with Gasteiger partial charge in [-0.25, -0.2) is 4.68 Å². The molecule has 1 amide bonds. The molecule has 0 radical (unpaired) electrons. The van der Waals surface area contributed by atoms with E-state index in [1.54, 1.807) is 0 Å². The minimum atomic E-state index is -0.369. The van der Waals surface area contributed by atoms with E-state index in [1.807, 2.05) is 56.3 Å². The number of aromatic nitrogens is 3. The molecule has 6 nitrogen and oxygen atoms in total. The Morgan fingerprint density at radius 3 is 2.80 bits per heavy atom. The fraction of sp³-hybridized carbons (Fsp3) is 0.167. The lowest BCUT2D eigenvalue weighted by Gasteiger charge is -2.08. The van der Waals surface area contributed by atoms with E-state index < -0.39 is 0 Å². The number of halogens is 1. The van der Waals surface area contributed by atoms with E-state index in [9.17, 15) is 4.79 Å². The molecule has 3 aromatic rings. The lowest BCUT2D eigenvalue weighted by atomic mass is 10.1. The van der Waals surface area contributed by atoms with Crippen LogP contribution in [0.5, 0.6) is 0 Å². The molecule has 0 spiro atoms. The molecule has 0 bridgehead atoms. The molecule has 1 heterocycles. The van der Waals surface area contributed by atoms with Crippen LogP contribution in [-0.4, -0.2) is 20.9 Å². The Balaban J connectivity index is 1.80. The molecule has 1 aromatic heterocycles. The molecule has 3 rings (SSSR count). The van der Waals surface area contributed by atoms with Crippen molar-refractivity contribution in [1.29, 1.82) is 0 Å². The molecule has 2 aromatic carbocycles. The Bertz CT molecular complexity index is 935. The monoisotopic (exact) mass is 399 g/mol. The molecule has 0 aliphatic carbocycles. The average molecular weight is 400 g/mol. The minimum Gasteiger partial charge on any atom is -0.382 e. The Labute approximate surface area is 154 Å². The number of benzene rings is 2. The van der Waals surface area contributed by atoms with Crippen molar-refractivity contribution in [3.8, 4) is 0 Å². The number of hydrogen-bond donors (Lipinski definition) is 2. The molecule has 0 aliphatic rings. The molecule has 3 N–H and O–H groups in total. The van der Waals surface area contributed by atoms with Crippen molar-refractivity contribution in [3.63, 3.8) is 0 Å². The number of anilines is 2. The van der Waals surface area contributed by atoms with Gasteiger partial charge in [0, 0.05) is 10.2 Å². The minimum absolute atomic E-state index is 0.121. The molecule has 0 saturated heterocycles. The zero-order valence-electron chi connectivity index (χ0n) is 14.0. The number of nitrogens with one attached hydrogen (secondary N) is 1. The number of rotatable bonds is 4. The van der Waals surface area contributed by atoms with Gasteiger partial charge in [0.1, 0.15) is 0 Å². The fourth-order valence-corrected chi connectivity index (χ4v) is 2.91. The number of nitrogens with zero attached hydrogens (tertiary/aromatic N) is 3. The summed E-state index contributed by atoms with van der Waals surface area (Å²) < 4.78 is 2.48. The van der Waals surface area contributed by atoms with Crippen molar-refractivity contribution in [2.75, 3.05) is 11.1 Å². The summed E-state index contributed by atoms with van der Waals surface area (Å²) in [5.41, 5.74) is 9.98. The average Bonchev–Trinajstić information content (AvgIpc) is 2.92. The van der Waals surface area contributed by atoms with Gasteiger partial charge >= 0.3 is 0 Å². The van der Waals surface area contributed by atoms with E-state index in [0.29, 0.717) is 6.54 Å². The van der Waals surface area contributed by atoms with Gasteiger partial charge in [-0.3, -0.25) is 4.79 Å². The summed E-state index contributed by atoms with van der Waals surface area (Å²) in [4.78, 5) is 12.5. The standard InChI is InChI=1S/C18H18BrN5O/c1-11-6-7-12(2)15(8-11)21-18(25)16-17(20)24(23-22-16)10-13-4-3-5-14(19)9-13/h3-9H,10,20H2,1-2H3,(H,21,25). The Morgan fingerprint density at radius 1 is 1.24 bits per heavy atom. The van der Waals surface area contributed by atoms with Crippen LogP contribution >= 0.6 is 15.9 Å². The smallest absolute Gasteiger partial charge is 0.280 e. The molecule has 0 atom stereocenters. The molecular weight excluding hydrogens is 382 g/mol. The third kappa shape index (κ3) is 3.88. The second-order valence-electron chi connectivity index (χ2n) is 5.88. The highest BCUT2D eigenvalue weighted by atomic mass is 79.9. The van der Waals surface area contributed by atoms with Crippen LogP contribution in [0.15, 0.2) is 46.9 Å². The van der Waals surface area contributed by atoms with Crippen molar-refractivity contribution in [2.45, 2.75) is 20.4 Å². The molecule has 0 aliphatic heterocycles. The summed E-state index contributed by atoms with van der Waals surface area (Å²) in [5.74, 6) is -0.130. The van der Waals surface area contributed by atoms with E-state index >= 15 is 0 Å². The van der Waals surface area contributed by atoms with E-state index in [4.69, 9.17) is 5.73 Å². The van der Waals surface area contributed by atoms with Gasteiger partial charge in [0.05, 0.1) is 6.54 Å². The van der Waals surface area contributed by atoms with Crippen LogP contribution in [0, 0.1) is 13.8 Å². The highest BCUT2D eigenvalue weighted by Gasteiger charge is 2.18. The zero-order chi connectivity index (χ0) is 18.0. The molecular formula is C18H18BrN5O. The largest absolute Gasteiger partial charge is 0.382 e. The maximum Gasteiger partial charge on any atom is 0.280 e. The summed E-state index contributed by atoms with van der Waals surface area (Å²) >= 11 is 3.43. The highest BCUT2D eigenvalue weighted by molar-refractivity contribution is 9.10. The SMILES string of the molecule is Cc1ccc(C)c(NC(=O)c2nnn(Cc3cccc(Br)c3)c2N)c1.